The molecule has 4 N–H and O–H groups in total. The molecule has 2 amide bonds. The van der Waals surface area contributed by atoms with Gasteiger partial charge in [0.1, 0.15) is 5.75 Å². The Kier molecular flexibility index (Phi) is 7.61. The number of hydrogen-bond donors (Lipinski definition) is 4. The quantitative estimate of drug-likeness (QED) is 0.428. The van der Waals surface area contributed by atoms with Gasteiger partial charge < -0.3 is 20.6 Å². The fraction of sp³-hybridized carbons (Fsp3) is 0.333. The molecule has 1 fully saturated rings. The Morgan fingerprint density at radius 2 is 1.68 bits per heavy atom. The second-order valence-electron chi connectivity index (χ2n) is 7.22. The van der Waals surface area contributed by atoms with Crippen LogP contribution in [0.15, 0.2) is 53.4 Å². The minimum Gasteiger partial charge on any atom is -0.508 e. The van der Waals surface area contributed by atoms with Crippen molar-refractivity contribution in [3.63, 3.8) is 0 Å². The molecule has 2 aromatic carbocycles. The van der Waals surface area contributed by atoms with Gasteiger partial charge in [0, 0.05) is 18.8 Å². The topological polar surface area (TPSA) is 128 Å². The van der Waals surface area contributed by atoms with Gasteiger partial charge in [0.15, 0.2) is 0 Å². The molecule has 31 heavy (non-hydrogen) atoms. The van der Waals surface area contributed by atoms with Gasteiger partial charge in [-0.25, -0.2) is 13.1 Å². The van der Waals surface area contributed by atoms with Crippen LogP contribution in [0.1, 0.15) is 23.2 Å². The number of likely N-dealkylation sites (tertiary alicyclic amines) is 1. The summed E-state index contributed by atoms with van der Waals surface area (Å²) in [4.78, 5) is 26.7. The van der Waals surface area contributed by atoms with Gasteiger partial charge in [-0.05, 0) is 62.3 Å². The molecule has 3 rings (SSSR count). The summed E-state index contributed by atoms with van der Waals surface area (Å²) < 4.78 is 27.7. The highest BCUT2D eigenvalue weighted by molar-refractivity contribution is 7.89. The van der Waals surface area contributed by atoms with Crippen molar-refractivity contribution in [2.24, 2.45) is 0 Å². The molecule has 0 unspecified atom stereocenters. The van der Waals surface area contributed by atoms with Crippen molar-refractivity contribution in [3.8, 4) is 5.75 Å². The van der Waals surface area contributed by atoms with E-state index in [0.29, 0.717) is 12.2 Å². The number of carbonyl (C=O) groups excluding carboxylic acids is 2. The van der Waals surface area contributed by atoms with E-state index >= 15 is 0 Å². The third-order valence-corrected chi connectivity index (χ3v) is 6.37. The number of amides is 2. The molecule has 1 aliphatic rings. The first kappa shape index (κ1) is 22.7. The fourth-order valence-electron chi connectivity index (χ4n) is 3.31. The number of phenolic OH excluding ortho intramolecular Hbond substituents is 1. The van der Waals surface area contributed by atoms with Crippen LogP contribution in [0.5, 0.6) is 5.75 Å². The lowest BCUT2D eigenvalue weighted by Gasteiger charge is -2.15. The standard InChI is InChI=1S/C21H26N4O5S/c26-17-9-7-16(8-10-17)24-20(27)15-23-31(29,30)19-6-2-1-5-18(19)21(28)22-11-14-25-12-3-4-13-25/h1-2,5-10,23,26H,3-4,11-15H2,(H,22,28)(H,24,27). The number of aromatic hydroxyl groups is 1. The van der Waals surface area contributed by atoms with Crippen LogP contribution in [-0.2, 0) is 14.8 Å². The summed E-state index contributed by atoms with van der Waals surface area (Å²) >= 11 is 0. The molecule has 0 atom stereocenters. The summed E-state index contributed by atoms with van der Waals surface area (Å²) in [7, 11) is -4.09. The van der Waals surface area contributed by atoms with Crippen LogP contribution in [0.3, 0.4) is 0 Å². The largest absolute Gasteiger partial charge is 0.508 e. The number of phenols is 1. The number of hydrogen-bond acceptors (Lipinski definition) is 6. The van der Waals surface area contributed by atoms with Crippen LogP contribution in [0.4, 0.5) is 5.69 Å². The predicted molar refractivity (Wildman–Crippen MR) is 116 cm³/mol. The van der Waals surface area contributed by atoms with Gasteiger partial charge in [-0.15, -0.1) is 0 Å². The molecule has 0 saturated carbocycles. The maximum absolute atomic E-state index is 12.7. The summed E-state index contributed by atoms with van der Waals surface area (Å²) in [5.41, 5.74) is 0.440. The Morgan fingerprint density at radius 3 is 2.39 bits per heavy atom. The summed E-state index contributed by atoms with van der Waals surface area (Å²) in [5, 5.41) is 14.6. The molecular formula is C21H26N4O5S. The number of carbonyl (C=O) groups is 2. The number of rotatable bonds is 9. The van der Waals surface area contributed by atoms with Crippen molar-refractivity contribution in [3.05, 3.63) is 54.1 Å². The minimum atomic E-state index is -4.09. The third-order valence-electron chi connectivity index (χ3n) is 4.91. The Balaban J connectivity index is 1.59. The van der Waals surface area contributed by atoms with Gasteiger partial charge in [-0.3, -0.25) is 9.59 Å². The normalized spacial score (nSPS) is 14.3. The minimum absolute atomic E-state index is 0.0235. The van der Waals surface area contributed by atoms with Gasteiger partial charge in [-0.2, -0.15) is 0 Å². The molecule has 0 spiro atoms. The highest BCUT2D eigenvalue weighted by Crippen LogP contribution is 2.16. The van der Waals surface area contributed by atoms with E-state index in [4.69, 9.17) is 0 Å². The van der Waals surface area contributed by atoms with Crippen molar-refractivity contribution >= 4 is 27.5 Å². The first-order valence-electron chi connectivity index (χ1n) is 10.0. The first-order chi connectivity index (χ1) is 14.8. The zero-order chi connectivity index (χ0) is 22.3. The Bertz CT molecular complexity index is 1020. The molecule has 1 saturated heterocycles. The van der Waals surface area contributed by atoms with Gasteiger partial charge in [0.25, 0.3) is 5.91 Å². The second kappa shape index (κ2) is 10.4. The zero-order valence-corrected chi connectivity index (χ0v) is 17.8. The van der Waals surface area contributed by atoms with E-state index in [-0.39, 0.29) is 16.2 Å². The highest BCUT2D eigenvalue weighted by atomic mass is 32.2. The van der Waals surface area contributed by atoms with Gasteiger partial charge in [0.2, 0.25) is 15.9 Å². The van der Waals surface area contributed by atoms with Crippen molar-refractivity contribution in [2.75, 3.05) is 38.0 Å². The van der Waals surface area contributed by atoms with Crippen molar-refractivity contribution < 1.29 is 23.1 Å². The summed E-state index contributed by atoms with van der Waals surface area (Å²) in [6, 6.07) is 11.7. The van der Waals surface area contributed by atoms with Crippen LogP contribution in [0, 0.1) is 0 Å². The monoisotopic (exact) mass is 446 g/mol. The Hall–Kier alpha value is -2.95. The predicted octanol–water partition coefficient (Wildman–Crippen LogP) is 1.13. The average molecular weight is 447 g/mol. The van der Waals surface area contributed by atoms with Crippen LogP contribution >= 0.6 is 0 Å². The molecule has 0 aliphatic carbocycles. The van der Waals surface area contributed by atoms with Crippen LogP contribution in [0.2, 0.25) is 0 Å². The molecular weight excluding hydrogens is 420 g/mol. The molecule has 0 bridgehead atoms. The fourth-order valence-corrected chi connectivity index (χ4v) is 4.49. The molecule has 1 aliphatic heterocycles. The lowest BCUT2D eigenvalue weighted by atomic mass is 10.2. The summed E-state index contributed by atoms with van der Waals surface area (Å²) in [6.07, 6.45) is 2.31. The maximum Gasteiger partial charge on any atom is 0.252 e. The Labute approximate surface area is 181 Å². The van der Waals surface area contributed by atoms with Crippen LogP contribution in [0.25, 0.3) is 0 Å². The molecule has 0 aromatic heterocycles. The highest BCUT2D eigenvalue weighted by Gasteiger charge is 2.23. The number of nitrogens with zero attached hydrogens (tertiary/aromatic N) is 1. The van der Waals surface area contributed by atoms with Gasteiger partial charge in [0.05, 0.1) is 17.0 Å². The van der Waals surface area contributed by atoms with E-state index in [9.17, 15) is 23.1 Å². The molecule has 2 aromatic rings. The van der Waals surface area contributed by atoms with E-state index in [1.54, 1.807) is 6.07 Å². The molecule has 0 radical (unpaired) electrons. The van der Waals surface area contributed by atoms with Crippen LogP contribution in [-0.4, -0.2) is 63.0 Å². The van der Waals surface area contributed by atoms with Gasteiger partial charge in [-0.1, -0.05) is 12.1 Å². The number of benzene rings is 2. The van der Waals surface area contributed by atoms with E-state index in [1.165, 1.54) is 42.5 Å². The van der Waals surface area contributed by atoms with E-state index in [1.807, 2.05) is 0 Å². The first-order valence-corrected chi connectivity index (χ1v) is 11.5. The van der Waals surface area contributed by atoms with E-state index < -0.39 is 28.4 Å². The summed E-state index contributed by atoms with van der Waals surface area (Å²) in [5.74, 6) is -1.01. The zero-order valence-electron chi connectivity index (χ0n) is 17.0. The van der Waals surface area contributed by atoms with E-state index in [0.717, 1.165) is 32.5 Å². The molecule has 166 valence electrons. The van der Waals surface area contributed by atoms with E-state index in [2.05, 4.69) is 20.3 Å². The average Bonchev–Trinajstić information content (AvgIpc) is 3.27. The SMILES string of the molecule is O=C(CNS(=O)(=O)c1ccccc1C(=O)NCCN1CCCC1)Nc1ccc(O)cc1. The molecule has 9 nitrogen and oxygen atoms in total. The van der Waals surface area contributed by atoms with Crippen molar-refractivity contribution in [1.82, 2.24) is 14.9 Å². The third kappa shape index (κ3) is 6.51. The van der Waals surface area contributed by atoms with Gasteiger partial charge >= 0.3 is 0 Å². The number of nitrogens with one attached hydrogen (secondary N) is 3. The maximum atomic E-state index is 12.7. The molecule has 1 heterocycles. The number of sulfonamides is 1. The lowest BCUT2D eigenvalue weighted by Crippen LogP contribution is -2.36. The van der Waals surface area contributed by atoms with Crippen molar-refractivity contribution in [2.45, 2.75) is 17.7 Å². The smallest absolute Gasteiger partial charge is 0.252 e. The summed E-state index contributed by atoms with van der Waals surface area (Å²) in [6.45, 7) is 2.66. The second-order valence-corrected chi connectivity index (χ2v) is 8.96. The Morgan fingerprint density at radius 1 is 1.00 bits per heavy atom. The molecule has 10 heteroatoms. The van der Waals surface area contributed by atoms with Crippen molar-refractivity contribution in [1.29, 1.82) is 0 Å². The van der Waals surface area contributed by atoms with Crippen LogP contribution < -0.4 is 15.4 Å². The number of anilines is 1. The lowest BCUT2D eigenvalue weighted by molar-refractivity contribution is -0.115.